The number of halogens is 2. The lowest BCUT2D eigenvalue weighted by Gasteiger charge is -2.39. The van der Waals surface area contributed by atoms with Gasteiger partial charge < -0.3 is 28.5 Å². The minimum atomic E-state index is 0. The zero-order valence-corrected chi connectivity index (χ0v) is 28.4. The highest BCUT2D eigenvalue weighted by Crippen LogP contribution is 2.51. The number of unbranched alkanes of at least 4 members (excludes halogenated alkanes) is 1. The molecular formula is C34H55I2N. The second-order valence-electron chi connectivity index (χ2n) is 13.7. The molecule has 0 aromatic rings. The summed E-state index contributed by atoms with van der Waals surface area (Å²) in [5.41, 5.74) is 0.401. The molecule has 0 aromatic carbocycles. The molecule has 0 aromatic heterocycles. The predicted octanol–water partition coefficient (Wildman–Crippen LogP) is 6.29. The summed E-state index contributed by atoms with van der Waals surface area (Å²) in [6, 6.07) is 0. The van der Waals surface area contributed by atoms with Gasteiger partial charge in [0.05, 0.1) is 27.7 Å². The van der Waals surface area contributed by atoms with Gasteiger partial charge in [0.1, 0.15) is 0 Å². The second-order valence-corrected chi connectivity index (χ2v) is 14.4. The molecule has 0 aliphatic heterocycles. The third-order valence-electron chi connectivity index (χ3n) is 9.93. The number of hydrogen-bond acceptors (Lipinski definition) is 0. The third kappa shape index (κ3) is 9.06. The van der Waals surface area contributed by atoms with E-state index in [1.54, 1.807) is 0 Å². The van der Waals surface area contributed by atoms with Crippen LogP contribution < -0.4 is 24.0 Å². The molecule has 3 aliphatic carbocycles. The highest BCUT2D eigenvalue weighted by atomic mass is 127. The molecule has 3 saturated carbocycles. The first kappa shape index (κ1) is 33.3. The van der Waals surface area contributed by atoms with E-state index in [1.165, 1.54) is 75.2 Å². The van der Waals surface area contributed by atoms with Gasteiger partial charge in [-0.2, -0.15) is 0 Å². The number of rotatable bonds is 14. The lowest BCUT2D eigenvalue weighted by Crippen LogP contribution is -3.00. The van der Waals surface area contributed by atoms with Gasteiger partial charge >= 0.3 is 0 Å². The normalized spacial score (nSPS) is 37.9. The molecule has 3 rings (SSSR count). The van der Waals surface area contributed by atoms with Crippen molar-refractivity contribution in [2.24, 2.45) is 52.8 Å². The van der Waals surface area contributed by atoms with Crippen molar-refractivity contribution in [1.29, 1.82) is 0 Å². The van der Waals surface area contributed by atoms with Crippen molar-refractivity contribution < 1.29 is 28.5 Å². The minimum Gasteiger partial charge on any atom is -1.00 e. The van der Waals surface area contributed by atoms with Gasteiger partial charge in [-0.15, -0.1) is 26.3 Å². The van der Waals surface area contributed by atoms with Crippen LogP contribution in [-0.2, 0) is 0 Å². The highest BCUT2D eigenvalue weighted by molar-refractivity contribution is 14.1. The molecule has 0 saturated heterocycles. The van der Waals surface area contributed by atoms with Crippen LogP contribution in [-0.4, -0.2) is 36.6 Å². The van der Waals surface area contributed by atoms with E-state index in [0.29, 0.717) is 35.0 Å². The maximum absolute atomic E-state index is 4.23. The van der Waals surface area contributed by atoms with Gasteiger partial charge in [0, 0.05) is 9.84 Å². The first-order chi connectivity index (χ1) is 17.2. The lowest BCUT2D eigenvalue weighted by atomic mass is 9.78. The van der Waals surface area contributed by atoms with E-state index >= 15 is 0 Å². The van der Waals surface area contributed by atoms with E-state index in [4.69, 9.17) is 0 Å². The molecule has 1 nitrogen and oxygen atoms in total. The quantitative estimate of drug-likeness (QED) is 0.0649. The van der Waals surface area contributed by atoms with Crippen molar-refractivity contribution in [2.45, 2.75) is 64.2 Å². The van der Waals surface area contributed by atoms with Gasteiger partial charge in [-0.3, -0.25) is 0 Å². The van der Waals surface area contributed by atoms with E-state index in [1.807, 2.05) is 0 Å². The summed E-state index contributed by atoms with van der Waals surface area (Å²) >= 11 is 2.66. The van der Waals surface area contributed by atoms with Gasteiger partial charge in [0.2, 0.25) is 0 Å². The molecule has 3 heteroatoms. The third-order valence-corrected chi connectivity index (χ3v) is 11.4. The maximum atomic E-state index is 4.23. The molecular weight excluding hydrogens is 676 g/mol. The SMILES string of the molecule is C=CC1CC(C=C)C(CCCCC2CC(/C=C\C3CC(C=C)CC3(CI)C[N+](C)(C)C)CC2C=C)C1.[I-]. The predicted molar refractivity (Wildman–Crippen MR) is 168 cm³/mol. The van der Waals surface area contributed by atoms with Crippen molar-refractivity contribution in [1.82, 2.24) is 0 Å². The molecule has 37 heavy (non-hydrogen) atoms. The van der Waals surface area contributed by atoms with Gasteiger partial charge in [0.25, 0.3) is 0 Å². The van der Waals surface area contributed by atoms with Crippen LogP contribution in [0.15, 0.2) is 62.8 Å². The number of alkyl halides is 1. The summed E-state index contributed by atoms with van der Waals surface area (Å²) in [6.07, 6.45) is 27.5. The van der Waals surface area contributed by atoms with Crippen LogP contribution in [0.5, 0.6) is 0 Å². The van der Waals surface area contributed by atoms with Crippen LogP contribution in [0.4, 0.5) is 0 Å². The number of allylic oxidation sites excluding steroid dienone is 6. The maximum Gasteiger partial charge on any atom is 0.0850 e. The molecule has 9 atom stereocenters. The summed E-state index contributed by atoms with van der Waals surface area (Å²) in [7, 11) is 7.07. The molecule has 0 spiro atoms. The Morgan fingerprint density at radius 3 is 1.76 bits per heavy atom. The van der Waals surface area contributed by atoms with Gasteiger partial charge in [-0.05, 0) is 98.7 Å². The van der Waals surface area contributed by atoms with Crippen LogP contribution in [0.25, 0.3) is 0 Å². The Morgan fingerprint density at radius 2 is 1.27 bits per heavy atom. The molecule has 3 fully saturated rings. The average Bonchev–Trinajstić information content (AvgIpc) is 3.54. The first-order valence-corrected chi connectivity index (χ1v) is 16.2. The fourth-order valence-electron chi connectivity index (χ4n) is 8.22. The Labute approximate surface area is 261 Å². The van der Waals surface area contributed by atoms with E-state index in [9.17, 15) is 0 Å². The number of hydrogen-bond donors (Lipinski definition) is 0. The minimum absolute atomic E-state index is 0. The number of quaternary nitrogens is 1. The Hall–Kier alpha value is 0.120. The van der Waals surface area contributed by atoms with Crippen molar-refractivity contribution in [2.75, 3.05) is 32.1 Å². The highest BCUT2D eigenvalue weighted by Gasteiger charge is 2.48. The average molecular weight is 732 g/mol. The molecule has 0 heterocycles. The zero-order chi connectivity index (χ0) is 26.3. The summed E-state index contributed by atoms with van der Waals surface area (Å²) in [6.45, 7) is 17.8. The second kappa shape index (κ2) is 15.2. The molecule has 0 radical (unpaired) electrons. The fourth-order valence-corrected chi connectivity index (χ4v) is 9.33. The molecule has 0 amide bonds. The summed E-state index contributed by atoms with van der Waals surface area (Å²) in [4.78, 5) is 0. The monoisotopic (exact) mass is 731 g/mol. The lowest BCUT2D eigenvalue weighted by molar-refractivity contribution is -0.877. The summed E-state index contributed by atoms with van der Waals surface area (Å²) in [5.74, 6) is 5.84. The summed E-state index contributed by atoms with van der Waals surface area (Å²) in [5, 5.41) is 0. The van der Waals surface area contributed by atoms with E-state index in [-0.39, 0.29) is 24.0 Å². The van der Waals surface area contributed by atoms with E-state index in [2.05, 4.69) is 107 Å². The molecule has 3 aliphatic rings. The van der Waals surface area contributed by atoms with Gasteiger partial charge in [-0.1, -0.05) is 71.9 Å². The number of nitrogens with zero attached hydrogens (tertiary/aromatic N) is 1. The van der Waals surface area contributed by atoms with Crippen molar-refractivity contribution in [3.05, 3.63) is 62.8 Å². The standard InChI is InChI=1S/C34H55IN.HI/c1-8-26-18-29(10-3)31(19-26)14-12-13-15-32-21-28(20-30(32)11-4)16-17-33-22-27(9-2)23-34(33,24-35)25-36(5,6)7;/h8-11,16-17,26-33H,1-4,12-15,18-25H2,5-7H3;1H/q+1;/p-1/b17-16-;. The largest absolute Gasteiger partial charge is 1.00 e. The van der Waals surface area contributed by atoms with Crippen LogP contribution in [0.3, 0.4) is 0 Å². The smallest absolute Gasteiger partial charge is 0.0850 e. The fraction of sp³-hybridized carbons (Fsp3) is 0.706. The molecule has 0 bridgehead atoms. The van der Waals surface area contributed by atoms with Crippen LogP contribution >= 0.6 is 22.6 Å². The van der Waals surface area contributed by atoms with Crippen LogP contribution in [0, 0.1) is 52.8 Å². The Balaban J connectivity index is 0.00000481. The molecule has 9 unspecified atom stereocenters. The van der Waals surface area contributed by atoms with Crippen molar-refractivity contribution >= 4 is 22.6 Å². The van der Waals surface area contributed by atoms with Gasteiger partial charge in [0.15, 0.2) is 0 Å². The summed E-state index contributed by atoms with van der Waals surface area (Å²) < 4.78 is 2.29. The first-order valence-electron chi connectivity index (χ1n) is 14.7. The Morgan fingerprint density at radius 1 is 0.730 bits per heavy atom. The van der Waals surface area contributed by atoms with Crippen LogP contribution in [0.1, 0.15) is 64.2 Å². The van der Waals surface area contributed by atoms with Gasteiger partial charge in [-0.25, -0.2) is 0 Å². The molecule has 0 N–H and O–H groups in total. The topological polar surface area (TPSA) is 0 Å². The Kier molecular flexibility index (Phi) is 13.7. The van der Waals surface area contributed by atoms with E-state index in [0.717, 1.165) is 22.2 Å². The Bertz CT molecular complexity index is 779. The van der Waals surface area contributed by atoms with E-state index < -0.39 is 0 Å². The van der Waals surface area contributed by atoms with Crippen molar-refractivity contribution in [3.8, 4) is 0 Å². The van der Waals surface area contributed by atoms with Crippen molar-refractivity contribution in [3.63, 3.8) is 0 Å². The molecule has 210 valence electrons. The van der Waals surface area contributed by atoms with Crippen LogP contribution in [0.2, 0.25) is 0 Å². The zero-order valence-electron chi connectivity index (χ0n) is 24.1.